The Bertz CT molecular complexity index is 724. The van der Waals surface area contributed by atoms with Crippen LogP contribution >= 0.6 is 0 Å². The van der Waals surface area contributed by atoms with Gasteiger partial charge in [0.25, 0.3) is 5.91 Å². The Morgan fingerprint density at radius 1 is 0.958 bits per heavy atom. The summed E-state index contributed by atoms with van der Waals surface area (Å²) in [6, 6.07) is 12.4. The number of nitrogens with one attached hydrogen (secondary N) is 3. The number of hydrogen-bond donors (Lipinski definition) is 3. The topological polar surface area (TPSA) is 70.2 Å². The van der Waals surface area contributed by atoms with Crippen LogP contribution in [0.5, 0.6) is 0 Å². The zero-order valence-corrected chi connectivity index (χ0v) is 14.3. The number of carbonyl (C=O) groups excluding carboxylic acids is 2. The van der Waals surface area contributed by atoms with E-state index < -0.39 is 0 Å². The Hall–Kier alpha value is -2.82. The van der Waals surface area contributed by atoms with Crippen LogP contribution in [0.25, 0.3) is 0 Å². The van der Waals surface area contributed by atoms with E-state index >= 15 is 0 Å². The first kappa shape index (κ1) is 17.5. The van der Waals surface area contributed by atoms with Gasteiger partial charge in [0.15, 0.2) is 0 Å². The van der Waals surface area contributed by atoms with Gasteiger partial charge in [0.05, 0.1) is 0 Å². The maximum atomic E-state index is 12.1. The Balaban J connectivity index is 1.97. The number of rotatable bonds is 5. The lowest BCUT2D eigenvalue weighted by Gasteiger charge is -2.11. The number of carbonyl (C=O) groups is 2. The van der Waals surface area contributed by atoms with E-state index in [0.29, 0.717) is 17.8 Å². The van der Waals surface area contributed by atoms with Gasteiger partial charge in [-0.15, -0.1) is 0 Å². The second-order valence-electron chi connectivity index (χ2n) is 5.73. The van der Waals surface area contributed by atoms with Crippen LogP contribution in [-0.4, -0.2) is 18.5 Å². The molecule has 0 aliphatic carbocycles. The van der Waals surface area contributed by atoms with Crippen molar-refractivity contribution in [2.75, 3.05) is 17.2 Å². The molecule has 24 heavy (non-hydrogen) atoms. The lowest BCUT2D eigenvalue weighted by Crippen LogP contribution is -2.24. The molecule has 0 aliphatic rings. The fourth-order valence-electron chi connectivity index (χ4n) is 2.20. The van der Waals surface area contributed by atoms with Crippen LogP contribution in [0.4, 0.5) is 16.2 Å². The normalized spacial score (nSPS) is 10.1. The molecule has 0 saturated heterocycles. The van der Waals surface area contributed by atoms with Crippen LogP contribution in [0.15, 0.2) is 42.5 Å². The van der Waals surface area contributed by atoms with E-state index in [9.17, 15) is 9.59 Å². The zero-order chi connectivity index (χ0) is 17.5. The third-order valence-corrected chi connectivity index (χ3v) is 3.58. The average Bonchev–Trinajstić information content (AvgIpc) is 2.56. The number of hydrogen-bond acceptors (Lipinski definition) is 2. The summed E-state index contributed by atoms with van der Waals surface area (Å²) in [5.41, 5.74) is 4.06. The van der Waals surface area contributed by atoms with Crippen LogP contribution in [-0.2, 0) is 0 Å². The predicted octanol–water partition coefficient (Wildman–Crippen LogP) is 4.09. The fraction of sp³-hybridized carbons (Fsp3) is 0.263. The molecule has 0 saturated carbocycles. The SMILES string of the molecule is CCCNC(=O)c1ccc(NC(=O)Nc2cc(C)ccc2C)cc1. The predicted molar refractivity (Wildman–Crippen MR) is 97.6 cm³/mol. The smallest absolute Gasteiger partial charge is 0.323 e. The van der Waals surface area contributed by atoms with Crippen molar-refractivity contribution in [3.05, 3.63) is 59.2 Å². The van der Waals surface area contributed by atoms with Crippen LogP contribution < -0.4 is 16.0 Å². The van der Waals surface area contributed by atoms with Gasteiger partial charge in [-0.05, 0) is 61.7 Å². The summed E-state index contributed by atoms with van der Waals surface area (Å²) >= 11 is 0. The van der Waals surface area contributed by atoms with Crippen molar-refractivity contribution in [3.8, 4) is 0 Å². The number of benzene rings is 2. The minimum Gasteiger partial charge on any atom is -0.352 e. The molecule has 0 spiro atoms. The molecule has 2 aromatic carbocycles. The van der Waals surface area contributed by atoms with Crippen molar-refractivity contribution in [2.24, 2.45) is 0 Å². The van der Waals surface area contributed by atoms with E-state index in [2.05, 4.69) is 16.0 Å². The third-order valence-electron chi connectivity index (χ3n) is 3.58. The van der Waals surface area contributed by atoms with Crippen molar-refractivity contribution in [1.82, 2.24) is 5.32 Å². The van der Waals surface area contributed by atoms with E-state index in [1.54, 1.807) is 24.3 Å². The van der Waals surface area contributed by atoms with Gasteiger partial charge in [-0.25, -0.2) is 4.79 Å². The highest BCUT2D eigenvalue weighted by molar-refractivity contribution is 6.01. The van der Waals surface area contributed by atoms with E-state index in [1.807, 2.05) is 39.0 Å². The summed E-state index contributed by atoms with van der Waals surface area (Å²) in [5, 5.41) is 8.41. The molecule has 5 nitrogen and oxygen atoms in total. The Labute approximate surface area is 142 Å². The molecule has 2 rings (SSSR count). The van der Waals surface area contributed by atoms with Crippen molar-refractivity contribution in [2.45, 2.75) is 27.2 Å². The maximum absolute atomic E-state index is 12.1. The minimum absolute atomic E-state index is 0.108. The lowest BCUT2D eigenvalue weighted by atomic mass is 10.1. The van der Waals surface area contributed by atoms with Crippen molar-refractivity contribution in [3.63, 3.8) is 0 Å². The number of aryl methyl sites for hydroxylation is 2. The lowest BCUT2D eigenvalue weighted by molar-refractivity contribution is 0.0953. The van der Waals surface area contributed by atoms with E-state index in [4.69, 9.17) is 0 Å². The van der Waals surface area contributed by atoms with Crippen molar-refractivity contribution >= 4 is 23.3 Å². The zero-order valence-electron chi connectivity index (χ0n) is 14.3. The van der Waals surface area contributed by atoms with Gasteiger partial charge in [-0.3, -0.25) is 4.79 Å². The number of amides is 3. The Morgan fingerprint density at radius 3 is 2.33 bits per heavy atom. The molecule has 2 aromatic rings. The minimum atomic E-state index is -0.313. The highest BCUT2D eigenvalue weighted by atomic mass is 16.2. The highest BCUT2D eigenvalue weighted by Crippen LogP contribution is 2.17. The van der Waals surface area contributed by atoms with Gasteiger partial charge >= 0.3 is 6.03 Å². The van der Waals surface area contributed by atoms with Gasteiger partial charge in [0, 0.05) is 23.5 Å². The standard InChI is InChI=1S/C19H23N3O2/c1-4-11-20-18(23)15-7-9-16(10-8-15)21-19(24)22-17-12-13(2)5-6-14(17)3/h5-10,12H,4,11H2,1-3H3,(H,20,23)(H2,21,22,24). The van der Waals surface area contributed by atoms with Gasteiger partial charge in [-0.1, -0.05) is 19.1 Å². The molecule has 0 unspecified atom stereocenters. The van der Waals surface area contributed by atoms with Crippen LogP contribution in [0.1, 0.15) is 34.8 Å². The fourth-order valence-corrected chi connectivity index (χ4v) is 2.20. The molecule has 3 amide bonds. The Morgan fingerprint density at radius 2 is 1.67 bits per heavy atom. The van der Waals surface area contributed by atoms with Gasteiger partial charge in [-0.2, -0.15) is 0 Å². The molecule has 5 heteroatoms. The summed E-state index contributed by atoms with van der Waals surface area (Å²) in [5.74, 6) is -0.108. The Kier molecular flexibility index (Phi) is 5.95. The number of anilines is 2. The average molecular weight is 325 g/mol. The molecule has 0 fully saturated rings. The van der Waals surface area contributed by atoms with Crippen molar-refractivity contribution in [1.29, 1.82) is 0 Å². The number of urea groups is 1. The van der Waals surface area contributed by atoms with Gasteiger partial charge in [0.1, 0.15) is 0 Å². The van der Waals surface area contributed by atoms with E-state index in [0.717, 1.165) is 23.2 Å². The third kappa shape index (κ3) is 4.84. The maximum Gasteiger partial charge on any atom is 0.323 e. The first-order valence-corrected chi connectivity index (χ1v) is 8.03. The largest absolute Gasteiger partial charge is 0.352 e. The van der Waals surface area contributed by atoms with Crippen LogP contribution in [0.2, 0.25) is 0 Å². The summed E-state index contributed by atoms with van der Waals surface area (Å²) < 4.78 is 0. The van der Waals surface area contributed by atoms with Crippen molar-refractivity contribution < 1.29 is 9.59 Å². The molecular formula is C19H23N3O2. The second kappa shape index (κ2) is 8.15. The molecule has 3 N–H and O–H groups in total. The van der Waals surface area contributed by atoms with E-state index in [-0.39, 0.29) is 11.9 Å². The molecule has 0 aliphatic heterocycles. The molecule has 0 bridgehead atoms. The molecule has 0 aromatic heterocycles. The quantitative estimate of drug-likeness (QED) is 0.775. The summed E-state index contributed by atoms with van der Waals surface area (Å²) in [7, 11) is 0. The molecule has 126 valence electrons. The van der Waals surface area contributed by atoms with E-state index in [1.165, 1.54) is 0 Å². The molecule has 0 atom stereocenters. The second-order valence-corrected chi connectivity index (χ2v) is 5.73. The highest BCUT2D eigenvalue weighted by Gasteiger charge is 2.07. The van der Waals surface area contributed by atoms with Gasteiger partial charge < -0.3 is 16.0 Å². The van der Waals surface area contributed by atoms with Crippen LogP contribution in [0, 0.1) is 13.8 Å². The summed E-state index contributed by atoms with van der Waals surface area (Å²) in [6.45, 7) is 6.57. The monoisotopic (exact) mass is 325 g/mol. The van der Waals surface area contributed by atoms with Crippen LogP contribution in [0.3, 0.4) is 0 Å². The molecular weight excluding hydrogens is 302 g/mol. The first-order chi connectivity index (χ1) is 11.5. The first-order valence-electron chi connectivity index (χ1n) is 8.03. The summed E-state index contributed by atoms with van der Waals surface area (Å²) in [4.78, 5) is 23.9. The van der Waals surface area contributed by atoms with Gasteiger partial charge in [0.2, 0.25) is 0 Å². The molecule has 0 heterocycles. The summed E-state index contributed by atoms with van der Waals surface area (Å²) in [6.07, 6.45) is 0.893. The molecule has 0 radical (unpaired) electrons.